The second-order valence-corrected chi connectivity index (χ2v) is 16.2. The molecule has 1 aliphatic heterocycles. The van der Waals surface area contributed by atoms with Crippen molar-refractivity contribution in [2.75, 3.05) is 7.05 Å². The minimum absolute atomic E-state index is 0. The topological polar surface area (TPSA) is 17.3 Å². The van der Waals surface area contributed by atoms with Gasteiger partial charge in [0.15, 0.2) is 0 Å². The molecule has 1 saturated heterocycles. The van der Waals surface area contributed by atoms with Crippen LogP contribution in [0.25, 0.3) is 4.98 Å². The van der Waals surface area contributed by atoms with Gasteiger partial charge in [-0.15, -0.1) is 5.54 Å². The summed E-state index contributed by atoms with van der Waals surface area (Å²) in [5.74, 6) is 4.93. The minimum Gasteiger partial charge on any atom is -0.660 e. The second kappa shape index (κ2) is 10.9. The summed E-state index contributed by atoms with van der Waals surface area (Å²) >= 11 is 0. The standard InChI is InChI=1S/C23H43N2Si.3CH3.Ti/c1-15-12-13-19-18(14-15)20-16-10-8-9-11-17(16)22(21(20)25(19)5)26(6,7)24-23(2,3)4;;;;/h15-22H,8-14H2,1-7H3;3*1H3;/q4*-1;+4. The number of rotatable bonds is 2. The van der Waals surface area contributed by atoms with Gasteiger partial charge in [-0.3, -0.25) is 4.90 Å². The maximum Gasteiger partial charge on any atom is 4.00 e. The molecule has 3 aliphatic carbocycles. The summed E-state index contributed by atoms with van der Waals surface area (Å²) < 4.78 is 0. The van der Waals surface area contributed by atoms with E-state index >= 15 is 0 Å². The quantitative estimate of drug-likeness (QED) is 0.301. The molecule has 30 heavy (non-hydrogen) atoms. The zero-order valence-electron chi connectivity index (χ0n) is 22.0. The van der Waals surface area contributed by atoms with E-state index < -0.39 is 8.24 Å². The minimum atomic E-state index is -1.64. The van der Waals surface area contributed by atoms with Gasteiger partial charge in [-0.05, 0) is 67.9 Å². The third-order valence-electron chi connectivity index (χ3n) is 8.64. The van der Waals surface area contributed by atoms with Crippen LogP contribution in [0.1, 0.15) is 72.6 Å². The van der Waals surface area contributed by atoms with Crippen LogP contribution in [0.15, 0.2) is 0 Å². The van der Waals surface area contributed by atoms with E-state index in [9.17, 15) is 0 Å². The average molecular weight is 469 g/mol. The monoisotopic (exact) mass is 468 g/mol. The van der Waals surface area contributed by atoms with E-state index in [1.54, 1.807) is 0 Å². The van der Waals surface area contributed by atoms with Gasteiger partial charge in [0.25, 0.3) is 0 Å². The molecular weight excluding hydrogens is 416 g/mol. The largest absolute Gasteiger partial charge is 4.00 e. The Kier molecular flexibility index (Phi) is 11.2. The van der Waals surface area contributed by atoms with Crippen LogP contribution in [-0.4, -0.2) is 37.8 Å². The van der Waals surface area contributed by atoms with E-state index in [0.717, 1.165) is 47.2 Å². The molecule has 3 saturated carbocycles. The van der Waals surface area contributed by atoms with E-state index in [4.69, 9.17) is 4.98 Å². The fraction of sp³-hybridized carbons (Fsp3) is 0.885. The normalized spacial score (nSPS) is 40.5. The fourth-order valence-electron chi connectivity index (χ4n) is 8.38. The van der Waals surface area contributed by atoms with Gasteiger partial charge in [-0.2, -0.15) is 0 Å². The van der Waals surface area contributed by atoms with E-state index in [-0.39, 0.29) is 49.5 Å². The van der Waals surface area contributed by atoms with E-state index in [1.165, 1.54) is 44.9 Å². The first kappa shape index (κ1) is 30.9. The zero-order valence-corrected chi connectivity index (χ0v) is 24.5. The zero-order chi connectivity index (χ0) is 18.9. The maximum absolute atomic E-state index is 5.55. The molecule has 0 radical (unpaired) electrons. The van der Waals surface area contributed by atoms with Crippen molar-refractivity contribution < 1.29 is 21.7 Å². The Labute approximate surface area is 207 Å². The molecule has 174 valence electrons. The van der Waals surface area contributed by atoms with Gasteiger partial charge < -0.3 is 27.3 Å². The Morgan fingerprint density at radius 3 is 2.00 bits per heavy atom. The van der Waals surface area contributed by atoms with Gasteiger partial charge in [-0.1, -0.05) is 68.3 Å². The first-order chi connectivity index (χ1) is 12.1. The number of nitrogens with zero attached hydrogens (tertiary/aromatic N) is 2. The molecule has 1 heterocycles. The Balaban J connectivity index is 0.00000210. The molecule has 0 bridgehead atoms. The molecule has 0 spiro atoms. The SMILES string of the molecule is CC1CCC2C(C1)C1C3CCCCC3C([Si](C)(C)[N-]C(C)(C)C)C1N2C.[CH3-].[CH3-].[CH3-].[Ti+4]. The molecule has 0 amide bonds. The van der Waals surface area contributed by atoms with Crippen LogP contribution in [0.2, 0.25) is 18.6 Å². The van der Waals surface area contributed by atoms with Crippen LogP contribution in [0, 0.1) is 51.9 Å². The van der Waals surface area contributed by atoms with E-state index in [0.29, 0.717) is 0 Å². The molecule has 4 aliphatic rings. The molecule has 4 rings (SSSR count). The Morgan fingerprint density at radius 2 is 1.43 bits per heavy atom. The number of hydrogen-bond donors (Lipinski definition) is 0. The summed E-state index contributed by atoms with van der Waals surface area (Å²) in [5, 5.41) is 0. The molecule has 2 nitrogen and oxygen atoms in total. The van der Waals surface area contributed by atoms with Crippen molar-refractivity contribution in [3.05, 3.63) is 27.3 Å². The molecule has 0 N–H and O–H groups in total. The van der Waals surface area contributed by atoms with Crippen molar-refractivity contribution in [3.63, 3.8) is 0 Å². The van der Waals surface area contributed by atoms with Crippen molar-refractivity contribution in [3.8, 4) is 0 Å². The van der Waals surface area contributed by atoms with Crippen LogP contribution >= 0.6 is 0 Å². The molecule has 8 atom stereocenters. The number of likely N-dealkylation sites (tertiary alicyclic amines) is 1. The average Bonchev–Trinajstić information content (AvgIpc) is 2.99. The summed E-state index contributed by atoms with van der Waals surface area (Å²) in [5.41, 5.74) is 1.01. The summed E-state index contributed by atoms with van der Waals surface area (Å²) in [6.07, 6.45) is 10.4. The van der Waals surface area contributed by atoms with Crippen LogP contribution in [0.3, 0.4) is 0 Å². The molecule has 0 aromatic heterocycles. The van der Waals surface area contributed by atoms with Crippen LogP contribution in [0.5, 0.6) is 0 Å². The summed E-state index contributed by atoms with van der Waals surface area (Å²) in [6, 6.07) is 1.72. The molecule has 0 aromatic carbocycles. The Hall–Kier alpha value is 0.851. The third-order valence-corrected chi connectivity index (χ3v) is 12.3. The van der Waals surface area contributed by atoms with E-state index in [2.05, 4.69) is 52.7 Å². The summed E-state index contributed by atoms with van der Waals surface area (Å²) in [4.78, 5) is 8.47. The first-order valence-corrected chi connectivity index (χ1v) is 14.6. The van der Waals surface area contributed by atoms with Crippen molar-refractivity contribution in [1.82, 2.24) is 4.90 Å². The third kappa shape index (κ3) is 5.32. The van der Waals surface area contributed by atoms with Crippen molar-refractivity contribution >= 4 is 8.24 Å². The Morgan fingerprint density at radius 1 is 0.867 bits per heavy atom. The molecule has 4 heteroatoms. The molecule has 8 unspecified atom stereocenters. The van der Waals surface area contributed by atoms with Crippen molar-refractivity contribution in [1.29, 1.82) is 0 Å². The van der Waals surface area contributed by atoms with Gasteiger partial charge >= 0.3 is 21.7 Å². The summed E-state index contributed by atoms with van der Waals surface area (Å²) in [6.45, 7) is 14.7. The van der Waals surface area contributed by atoms with Gasteiger partial charge in [-0.25, -0.2) is 0 Å². The predicted molar refractivity (Wildman–Crippen MR) is 134 cm³/mol. The van der Waals surface area contributed by atoms with Gasteiger partial charge in [0.2, 0.25) is 0 Å². The molecule has 0 aromatic rings. The number of hydrogen-bond acceptors (Lipinski definition) is 1. The maximum atomic E-state index is 5.55. The second-order valence-electron chi connectivity index (χ2n) is 12.0. The van der Waals surface area contributed by atoms with Gasteiger partial charge in [0.05, 0.1) is 0 Å². The van der Waals surface area contributed by atoms with Crippen LogP contribution < -0.4 is 0 Å². The van der Waals surface area contributed by atoms with Gasteiger partial charge in [0, 0.05) is 12.1 Å². The number of fused-ring (bicyclic) bond motifs is 5. The molecule has 4 fully saturated rings. The van der Waals surface area contributed by atoms with Crippen molar-refractivity contribution in [2.45, 2.75) is 109 Å². The first-order valence-electron chi connectivity index (χ1n) is 11.6. The Bertz CT molecular complexity index is 532. The van der Waals surface area contributed by atoms with Crippen LogP contribution in [-0.2, 0) is 21.7 Å². The fourth-order valence-corrected chi connectivity index (χ4v) is 13.0. The van der Waals surface area contributed by atoms with E-state index in [1.807, 2.05) is 0 Å². The smallest absolute Gasteiger partial charge is 0.660 e. The van der Waals surface area contributed by atoms with Crippen molar-refractivity contribution in [2.24, 2.45) is 29.6 Å². The van der Waals surface area contributed by atoms with Gasteiger partial charge in [0.1, 0.15) is 0 Å². The van der Waals surface area contributed by atoms with Crippen LogP contribution in [0.4, 0.5) is 0 Å². The predicted octanol–water partition coefficient (Wildman–Crippen LogP) is 7.64. The molecular formula is C26H52N2SiTi. The summed E-state index contributed by atoms with van der Waals surface area (Å²) in [7, 11) is 0.865.